The second-order valence-corrected chi connectivity index (χ2v) is 10.7. The van der Waals surface area contributed by atoms with Gasteiger partial charge >= 0.3 is 5.97 Å². The highest BCUT2D eigenvalue weighted by atomic mass is 35.5. The molecule has 0 aliphatic carbocycles. The molecule has 10 heteroatoms. The summed E-state index contributed by atoms with van der Waals surface area (Å²) in [6, 6.07) is 13.5. The average molecular weight is 568 g/mol. The molecule has 1 N–H and O–H groups in total. The predicted molar refractivity (Wildman–Crippen MR) is 140 cm³/mol. The highest BCUT2D eigenvalue weighted by Crippen LogP contribution is 2.39. The number of aromatic carboxylic acids is 1. The Bertz CT molecular complexity index is 1430. The van der Waals surface area contributed by atoms with Gasteiger partial charge in [-0.1, -0.05) is 66.5 Å². The molecule has 0 aliphatic rings. The number of carboxylic acids is 1. The van der Waals surface area contributed by atoms with Crippen LogP contribution in [0.5, 0.6) is 0 Å². The number of benzene rings is 3. The van der Waals surface area contributed by atoms with Crippen molar-refractivity contribution < 1.29 is 18.7 Å². The first kappa shape index (κ1) is 26.5. The molecule has 0 atom stereocenters. The Morgan fingerprint density at radius 2 is 1.69 bits per heavy atom. The Morgan fingerprint density at radius 3 is 2.31 bits per heavy atom. The van der Waals surface area contributed by atoms with E-state index in [1.165, 1.54) is 30.0 Å². The molecule has 1 heterocycles. The molecule has 36 heavy (non-hydrogen) atoms. The Kier molecular flexibility index (Phi) is 7.67. The van der Waals surface area contributed by atoms with Gasteiger partial charge in [0.25, 0.3) is 0 Å². The van der Waals surface area contributed by atoms with Crippen LogP contribution in [0, 0.1) is 11.6 Å². The van der Waals surface area contributed by atoms with Gasteiger partial charge in [0.15, 0.2) is 5.16 Å². The number of aromatic nitrogens is 2. The third-order valence-corrected chi connectivity index (χ3v) is 7.88. The zero-order chi connectivity index (χ0) is 26.2. The number of hydrogen-bond donors (Lipinski definition) is 1. The number of halogens is 5. The van der Waals surface area contributed by atoms with Crippen LogP contribution in [-0.4, -0.2) is 20.6 Å². The Labute approximate surface area is 225 Å². The number of hydrogen-bond acceptors (Lipinski definition) is 3. The molecule has 0 fully saturated rings. The lowest BCUT2D eigenvalue weighted by Crippen LogP contribution is -2.23. The summed E-state index contributed by atoms with van der Waals surface area (Å²) < 4.78 is 30.2. The average Bonchev–Trinajstić information content (AvgIpc) is 3.25. The quantitative estimate of drug-likeness (QED) is 0.228. The molecule has 0 unspecified atom stereocenters. The van der Waals surface area contributed by atoms with Crippen molar-refractivity contribution in [2.75, 3.05) is 0 Å². The topological polar surface area (TPSA) is 55.1 Å². The van der Waals surface area contributed by atoms with Crippen LogP contribution >= 0.6 is 46.6 Å². The first-order valence-electron chi connectivity index (χ1n) is 10.6. The van der Waals surface area contributed by atoms with Crippen LogP contribution < -0.4 is 0 Å². The van der Waals surface area contributed by atoms with E-state index in [9.17, 15) is 13.6 Å². The van der Waals surface area contributed by atoms with Crippen molar-refractivity contribution in [1.82, 2.24) is 9.55 Å². The predicted octanol–water partition coefficient (Wildman–Crippen LogP) is 8.43. The highest BCUT2D eigenvalue weighted by molar-refractivity contribution is 7.98. The Hall–Kier alpha value is -2.58. The van der Waals surface area contributed by atoms with E-state index >= 15 is 0 Å². The van der Waals surface area contributed by atoms with Crippen molar-refractivity contribution in [3.63, 3.8) is 0 Å². The van der Waals surface area contributed by atoms with Crippen LogP contribution in [0.25, 0.3) is 5.69 Å². The third-order valence-electron chi connectivity index (χ3n) is 5.83. The fourth-order valence-corrected chi connectivity index (χ4v) is 5.43. The van der Waals surface area contributed by atoms with E-state index < -0.39 is 17.2 Å². The number of nitrogens with zero attached hydrogens (tertiary/aromatic N) is 2. The summed E-state index contributed by atoms with van der Waals surface area (Å²) >= 11 is 19.8. The summed E-state index contributed by atoms with van der Waals surface area (Å²) in [6.45, 7) is 4.00. The molecule has 0 bridgehead atoms. The molecule has 4 aromatic rings. The Morgan fingerprint density at radius 1 is 1.00 bits per heavy atom. The molecule has 4 nitrogen and oxygen atoms in total. The molecule has 0 amide bonds. The van der Waals surface area contributed by atoms with Gasteiger partial charge in [0.1, 0.15) is 11.6 Å². The molecular formula is C26H19Cl3F2N2O2S. The standard InChI is InChI=1S/C26H19Cl3F2N2O2S/c1-26(2,15-3-8-19(27)21(29)11-15)23-12-32-25(33(23)17-6-4-16(30)5-7-17)36-13-18-20(28)9-14(24(34)35)10-22(18)31/h3-12H,13H2,1-2H3,(H,34,35). The van der Waals surface area contributed by atoms with Crippen LogP contribution in [0.1, 0.15) is 41.0 Å². The normalized spacial score (nSPS) is 11.6. The summed E-state index contributed by atoms with van der Waals surface area (Å²) in [5.41, 5.74) is 1.65. The molecule has 4 rings (SSSR count). The van der Waals surface area contributed by atoms with Crippen LogP contribution in [-0.2, 0) is 11.2 Å². The van der Waals surface area contributed by atoms with Crippen LogP contribution in [0.15, 0.2) is 66.0 Å². The van der Waals surface area contributed by atoms with Crippen molar-refractivity contribution in [2.24, 2.45) is 0 Å². The summed E-state index contributed by atoms with van der Waals surface area (Å²) in [4.78, 5) is 15.8. The molecule has 0 aliphatic heterocycles. The maximum Gasteiger partial charge on any atom is 0.335 e. The summed E-state index contributed by atoms with van der Waals surface area (Å²) in [5.74, 6) is -2.28. The van der Waals surface area contributed by atoms with Crippen LogP contribution in [0.2, 0.25) is 15.1 Å². The summed E-state index contributed by atoms with van der Waals surface area (Å²) in [5, 5.41) is 10.5. The van der Waals surface area contributed by atoms with E-state index in [0.29, 0.717) is 20.9 Å². The van der Waals surface area contributed by atoms with Crippen LogP contribution in [0.4, 0.5) is 8.78 Å². The van der Waals surface area contributed by atoms with E-state index in [0.717, 1.165) is 17.3 Å². The van der Waals surface area contributed by atoms with Gasteiger partial charge in [0, 0.05) is 27.4 Å². The lowest BCUT2D eigenvalue weighted by Gasteiger charge is -2.28. The number of carboxylic acid groups (broad SMARTS) is 1. The largest absolute Gasteiger partial charge is 0.478 e. The van der Waals surface area contributed by atoms with E-state index in [1.807, 2.05) is 24.5 Å². The first-order valence-corrected chi connectivity index (χ1v) is 12.7. The van der Waals surface area contributed by atoms with Crippen molar-refractivity contribution in [3.8, 4) is 5.69 Å². The second kappa shape index (κ2) is 10.4. The highest BCUT2D eigenvalue weighted by Gasteiger charge is 2.30. The van der Waals surface area contributed by atoms with Gasteiger partial charge in [-0.3, -0.25) is 4.57 Å². The number of carbonyl (C=O) groups is 1. The molecule has 0 saturated heterocycles. The lowest BCUT2D eigenvalue weighted by molar-refractivity contribution is 0.0696. The van der Waals surface area contributed by atoms with E-state index in [-0.39, 0.29) is 27.7 Å². The van der Waals surface area contributed by atoms with Gasteiger partial charge in [0.05, 0.1) is 27.5 Å². The van der Waals surface area contributed by atoms with Gasteiger partial charge in [0.2, 0.25) is 0 Å². The minimum Gasteiger partial charge on any atom is -0.478 e. The van der Waals surface area contributed by atoms with Crippen molar-refractivity contribution in [3.05, 3.63) is 110 Å². The fourth-order valence-electron chi connectivity index (χ4n) is 3.75. The van der Waals surface area contributed by atoms with Gasteiger partial charge < -0.3 is 5.11 Å². The number of rotatable bonds is 7. The van der Waals surface area contributed by atoms with Gasteiger partial charge in [-0.15, -0.1) is 0 Å². The molecule has 0 saturated carbocycles. The summed E-state index contributed by atoms with van der Waals surface area (Å²) in [7, 11) is 0. The first-order chi connectivity index (χ1) is 17.0. The minimum atomic E-state index is -1.27. The van der Waals surface area contributed by atoms with Gasteiger partial charge in [-0.25, -0.2) is 18.6 Å². The van der Waals surface area contributed by atoms with Crippen molar-refractivity contribution in [1.29, 1.82) is 0 Å². The molecular weight excluding hydrogens is 549 g/mol. The molecule has 3 aromatic carbocycles. The molecule has 0 radical (unpaired) electrons. The number of imidazole rings is 1. The zero-order valence-corrected chi connectivity index (χ0v) is 22.1. The molecule has 0 spiro atoms. The van der Waals surface area contributed by atoms with E-state index in [4.69, 9.17) is 39.9 Å². The third kappa shape index (κ3) is 5.25. The van der Waals surface area contributed by atoms with Crippen LogP contribution in [0.3, 0.4) is 0 Å². The summed E-state index contributed by atoms with van der Waals surface area (Å²) in [6.07, 6.45) is 1.71. The fraction of sp³-hybridized carbons (Fsp3) is 0.154. The zero-order valence-electron chi connectivity index (χ0n) is 19.0. The maximum absolute atomic E-state index is 14.7. The Balaban J connectivity index is 1.77. The van der Waals surface area contributed by atoms with Gasteiger partial charge in [-0.2, -0.15) is 0 Å². The second-order valence-electron chi connectivity index (χ2n) is 8.50. The van der Waals surface area contributed by atoms with Gasteiger partial charge in [-0.05, 0) is 54.1 Å². The van der Waals surface area contributed by atoms with Crippen molar-refractivity contribution >= 4 is 52.5 Å². The maximum atomic E-state index is 14.7. The van der Waals surface area contributed by atoms with E-state index in [2.05, 4.69) is 4.98 Å². The molecule has 1 aromatic heterocycles. The smallest absolute Gasteiger partial charge is 0.335 e. The number of thioether (sulfide) groups is 1. The molecule has 186 valence electrons. The van der Waals surface area contributed by atoms with E-state index in [1.54, 1.807) is 30.5 Å². The SMILES string of the molecule is CC(C)(c1ccc(Cl)c(Cl)c1)c1cnc(SCc2c(F)cc(C(=O)O)cc2Cl)n1-c1ccc(F)cc1. The minimum absolute atomic E-state index is 0.0103. The lowest BCUT2D eigenvalue weighted by atomic mass is 9.81. The van der Waals surface area contributed by atoms with Crippen molar-refractivity contribution in [2.45, 2.75) is 30.2 Å². The monoisotopic (exact) mass is 566 g/mol.